The second-order valence-electron chi connectivity index (χ2n) is 7.12. The molecule has 0 fully saturated rings. The topological polar surface area (TPSA) is 62.7 Å². The van der Waals surface area contributed by atoms with Gasteiger partial charge in [0, 0.05) is 31.0 Å². The molecule has 0 spiro atoms. The summed E-state index contributed by atoms with van der Waals surface area (Å²) < 4.78 is 43.4. The van der Waals surface area contributed by atoms with Crippen molar-refractivity contribution in [2.45, 2.75) is 19.6 Å². The molecule has 0 aliphatic rings. The van der Waals surface area contributed by atoms with E-state index in [0.29, 0.717) is 23.6 Å². The van der Waals surface area contributed by atoms with Crippen LogP contribution in [0.15, 0.2) is 60.8 Å². The van der Waals surface area contributed by atoms with Gasteiger partial charge in [-0.15, -0.1) is 0 Å². The zero-order valence-corrected chi connectivity index (χ0v) is 17.0. The summed E-state index contributed by atoms with van der Waals surface area (Å²) in [7, 11) is 1.91. The second kappa shape index (κ2) is 9.07. The lowest BCUT2D eigenvalue weighted by molar-refractivity contribution is -0.139. The highest BCUT2D eigenvalue weighted by atomic mass is 19.4. The maximum atomic E-state index is 12.7. The molecule has 0 unspecified atom stereocenters. The summed E-state index contributed by atoms with van der Waals surface area (Å²) in [5.41, 5.74) is 3.19. The summed E-state index contributed by atoms with van der Waals surface area (Å²) in [6.07, 6.45) is -2.67. The lowest BCUT2D eigenvalue weighted by Crippen LogP contribution is -2.17. The molecule has 2 aromatic carbocycles. The predicted molar refractivity (Wildman–Crippen MR) is 111 cm³/mol. The van der Waals surface area contributed by atoms with Crippen LogP contribution in [0.3, 0.4) is 0 Å². The van der Waals surface area contributed by atoms with Gasteiger partial charge in [-0.05, 0) is 54.4 Å². The van der Waals surface area contributed by atoms with Crippen LogP contribution in [0.5, 0.6) is 5.75 Å². The van der Waals surface area contributed by atoms with Gasteiger partial charge in [-0.1, -0.05) is 18.2 Å². The van der Waals surface area contributed by atoms with Crippen molar-refractivity contribution in [1.82, 2.24) is 4.98 Å². The molecule has 1 aromatic heterocycles. The van der Waals surface area contributed by atoms with Crippen LogP contribution in [0.2, 0.25) is 0 Å². The highest BCUT2D eigenvalue weighted by molar-refractivity contribution is 5.68. The van der Waals surface area contributed by atoms with E-state index in [1.165, 1.54) is 12.1 Å². The first-order chi connectivity index (χ1) is 14.6. The number of carboxylic acid groups (broad SMARTS) is 1. The minimum absolute atomic E-state index is 0.396. The van der Waals surface area contributed by atoms with E-state index < -0.39 is 24.3 Å². The number of benzene rings is 2. The van der Waals surface area contributed by atoms with Crippen molar-refractivity contribution in [1.29, 1.82) is 0 Å². The van der Waals surface area contributed by atoms with Gasteiger partial charge < -0.3 is 14.7 Å². The highest BCUT2D eigenvalue weighted by Crippen LogP contribution is 2.31. The van der Waals surface area contributed by atoms with Gasteiger partial charge >= 0.3 is 12.1 Å². The monoisotopic (exact) mass is 430 g/mol. The molecule has 1 heterocycles. The standard InChI is InChI=1S/C23H21F3N2O3/c1-15-11-19(8-10-21(15)31-14-22(29)30)28(2)13-16-3-9-20(27-12-16)17-4-6-18(7-5-17)23(24,25)26/h3-12H,13-14H2,1-2H3,(H,29,30). The number of hydrogen-bond donors (Lipinski definition) is 1. The number of aromatic nitrogens is 1. The third-order valence-corrected chi connectivity index (χ3v) is 4.70. The first-order valence-electron chi connectivity index (χ1n) is 9.42. The van der Waals surface area contributed by atoms with E-state index in [2.05, 4.69) is 4.98 Å². The van der Waals surface area contributed by atoms with Gasteiger partial charge in [0.25, 0.3) is 0 Å². The van der Waals surface area contributed by atoms with Crippen molar-refractivity contribution in [2.24, 2.45) is 0 Å². The molecule has 31 heavy (non-hydrogen) atoms. The fourth-order valence-corrected chi connectivity index (χ4v) is 3.06. The van der Waals surface area contributed by atoms with Gasteiger partial charge in [0.2, 0.25) is 0 Å². The zero-order valence-electron chi connectivity index (χ0n) is 17.0. The first-order valence-corrected chi connectivity index (χ1v) is 9.42. The lowest BCUT2D eigenvalue weighted by Gasteiger charge is -2.21. The van der Waals surface area contributed by atoms with Crippen LogP contribution in [-0.4, -0.2) is 29.7 Å². The van der Waals surface area contributed by atoms with Gasteiger partial charge in [0.05, 0.1) is 11.3 Å². The number of halogens is 3. The van der Waals surface area contributed by atoms with Crippen LogP contribution in [0, 0.1) is 6.92 Å². The Labute approximate surface area is 177 Å². The minimum Gasteiger partial charge on any atom is -0.482 e. The molecule has 0 aliphatic heterocycles. The average Bonchev–Trinajstić information content (AvgIpc) is 2.72. The van der Waals surface area contributed by atoms with Gasteiger partial charge in [-0.25, -0.2) is 4.79 Å². The number of aliphatic carboxylic acids is 1. The van der Waals surface area contributed by atoms with Crippen LogP contribution in [0.4, 0.5) is 18.9 Å². The van der Waals surface area contributed by atoms with Crippen LogP contribution < -0.4 is 9.64 Å². The molecule has 0 amide bonds. The third kappa shape index (κ3) is 5.75. The fourth-order valence-electron chi connectivity index (χ4n) is 3.06. The fraction of sp³-hybridized carbons (Fsp3) is 0.217. The Morgan fingerprint density at radius 1 is 1.10 bits per heavy atom. The van der Waals surface area contributed by atoms with Crippen molar-refractivity contribution in [2.75, 3.05) is 18.6 Å². The van der Waals surface area contributed by atoms with E-state index in [9.17, 15) is 18.0 Å². The van der Waals surface area contributed by atoms with Crippen LogP contribution >= 0.6 is 0 Å². The SMILES string of the molecule is Cc1cc(N(C)Cc2ccc(-c3ccc(C(F)(F)F)cc3)nc2)ccc1OCC(=O)O. The van der Waals surface area contributed by atoms with Gasteiger partial charge in [0.15, 0.2) is 6.61 Å². The molecule has 8 heteroatoms. The Balaban J connectivity index is 1.66. The van der Waals surface area contributed by atoms with E-state index in [-0.39, 0.29) is 0 Å². The second-order valence-corrected chi connectivity index (χ2v) is 7.12. The van der Waals surface area contributed by atoms with Crippen LogP contribution in [0.1, 0.15) is 16.7 Å². The molecule has 3 aromatic rings. The Kier molecular flexibility index (Phi) is 6.48. The zero-order chi connectivity index (χ0) is 22.6. The number of ether oxygens (including phenoxy) is 1. The van der Waals surface area contributed by atoms with Crippen molar-refractivity contribution < 1.29 is 27.8 Å². The molecule has 0 bridgehead atoms. The number of pyridine rings is 1. The highest BCUT2D eigenvalue weighted by Gasteiger charge is 2.30. The Morgan fingerprint density at radius 3 is 2.35 bits per heavy atom. The van der Waals surface area contributed by atoms with E-state index in [1.54, 1.807) is 18.3 Å². The Morgan fingerprint density at radius 2 is 1.81 bits per heavy atom. The van der Waals surface area contributed by atoms with Crippen molar-refractivity contribution in [3.05, 3.63) is 77.5 Å². The maximum absolute atomic E-state index is 12.7. The smallest absolute Gasteiger partial charge is 0.416 e. The number of carboxylic acids is 1. The number of carbonyl (C=O) groups is 1. The Bertz CT molecular complexity index is 1050. The molecule has 0 saturated carbocycles. The largest absolute Gasteiger partial charge is 0.482 e. The van der Waals surface area contributed by atoms with Gasteiger partial charge in [0.1, 0.15) is 5.75 Å². The van der Waals surface area contributed by atoms with Crippen LogP contribution in [0.25, 0.3) is 11.3 Å². The molecule has 5 nitrogen and oxygen atoms in total. The van der Waals surface area contributed by atoms with E-state index >= 15 is 0 Å². The molecule has 1 N–H and O–H groups in total. The number of aryl methyl sites for hydroxylation is 1. The average molecular weight is 430 g/mol. The number of rotatable bonds is 7. The summed E-state index contributed by atoms with van der Waals surface area (Å²) in [6, 6.07) is 14.1. The van der Waals surface area contributed by atoms with Crippen molar-refractivity contribution in [3.63, 3.8) is 0 Å². The molecule has 0 saturated heterocycles. The number of nitrogens with zero attached hydrogens (tertiary/aromatic N) is 2. The molecular weight excluding hydrogens is 409 g/mol. The summed E-state index contributed by atoms with van der Waals surface area (Å²) in [5.74, 6) is -0.519. The molecule has 0 radical (unpaired) electrons. The van der Waals surface area contributed by atoms with E-state index in [0.717, 1.165) is 28.9 Å². The lowest BCUT2D eigenvalue weighted by atomic mass is 10.1. The number of alkyl halides is 3. The van der Waals surface area contributed by atoms with Crippen molar-refractivity contribution >= 4 is 11.7 Å². The summed E-state index contributed by atoms with van der Waals surface area (Å²) >= 11 is 0. The number of anilines is 1. The molecule has 0 aliphatic carbocycles. The molecule has 162 valence electrons. The minimum atomic E-state index is -4.36. The first kappa shape index (κ1) is 22.1. The van der Waals surface area contributed by atoms with Gasteiger partial charge in [-0.3, -0.25) is 4.98 Å². The quantitative estimate of drug-likeness (QED) is 0.560. The van der Waals surface area contributed by atoms with Crippen LogP contribution in [-0.2, 0) is 17.5 Å². The van der Waals surface area contributed by atoms with E-state index in [1.807, 2.05) is 37.1 Å². The summed E-state index contributed by atoms with van der Waals surface area (Å²) in [5, 5.41) is 8.72. The van der Waals surface area contributed by atoms with E-state index in [4.69, 9.17) is 9.84 Å². The van der Waals surface area contributed by atoms with Gasteiger partial charge in [-0.2, -0.15) is 13.2 Å². The van der Waals surface area contributed by atoms with Crippen molar-refractivity contribution in [3.8, 4) is 17.0 Å². The summed E-state index contributed by atoms with van der Waals surface area (Å²) in [4.78, 5) is 17.0. The molecular formula is C23H21F3N2O3. The predicted octanol–water partition coefficient (Wildman–Crippen LogP) is 5.18. The molecule has 0 atom stereocenters. The summed E-state index contributed by atoms with van der Waals surface area (Å²) in [6.45, 7) is 2.01. The Hall–Kier alpha value is -3.55. The number of hydrogen-bond acceptors (Lipinski definition) is 4. The third-order valence-electron chi connectivity index (χ3n) is 4.70. The molecule has 3 rings (SSSR count). The normalized spacial score (nSPS) is 11.3. The maximum Gasteiger partial charge on any atom is 0.416 e.